The topological polar surface area (TPSA) is 59.3 Å². The fourth-order valence-corrected chi connectivity index (χ4v) is 3.04. The zero-order valence-electron chi connectivity index (χ0n) is 13.9. The van der Waals surface area contributed by atoms with Gasteiger partial charge in [-0.3, -0.25) is 9.59 Å². The molecule has 3 aromatic carbocycles. The molecule has 0 spiro atoms. The number of aryl methyl sites for hydroxylation is 1. The van der Waals surface area contributed by atoms with Gasteiger partial charge in [0.1, 0.15) is 5.58 Å². The summed E-state index contributed by atoms with van der Waals surface area (Å²) in [5.74, 6) is -0.231. The average Bonchev–Trinajstić information content (AvgIpc) is 2.63. The number of benzene rings is 3. The lowest BCUT2D eigenvalue weighted by Gasteiger charge is -2.08. The van der Waals surface area contributed by atoms with Crippen molar-refractivity contribution in [2.45, 2.75) is 6.92 Å². The van der Waals surface area contributed by atoms with Crippen LogP contribution in [0, 0.1) is 6.92 Å². The minimum Gasteiger partial charge on any atom is -0.454 e. The van der Waals surface area contributed by atoms with Crippen LogP contribution in [0.5, 0.6) is 0 Å². The molecule has 128 valence electrons. The molecule has 4 rings (SSSR count). The van der Waals surface area contributed by atoms with Crippen LogP contribution in [-0.2, 0) is 0 Å². The summed E-state index contributed by atoms with van der Waals surface area (Å²) in [4.78, 5) is 25.0. The van der Waals surface area contributed by atoms with Crippen molar-refractivity contribution in [1.82, 2.24) is 0 Å². The Labute approximate surface area is 154 Å². The predicted molar refractivity (Wildman–Crippen MR) is 104 cm³/mol. The van der Waals surface area contributed by atoms with Gasteiger partial charge in [-0.1, -0.05) is 35.4 Å². The van der Waals surface area contributed by atoms with Gasteiger partial charge in [0.15, 0.2) is 5.58 Å². The maximum atomic E-state index is 12.6. The van der Waals surface area contributed by atoms with Crippen molar-refractivity contribution >= 4 is 45.1 Å². The summed E-state index contributed by atoms with van der Waals surface area (Å²) >= 11 is 6.14. The van der Waals surface area contributed by atoms with Crippen LogP contribution in [0.25, 0.3) is 21.9 Å². The molecule has 0 unspecified atom stereocenters. The molecule has 0 bridgehead atoms. The molecule has 1 heterocycles. The molecule has 0 fully saturated rings. The van der Waals surface area contributed by atoms with Crippen LogP contribution in [0.1, 0.15) is 15.9 Å². The van der Waals surface area contributed by atoms with Gasteiger partial charge in [0, 0.05) is 17.3 Å². The Bertz CT molecular complexity index is 1210. The lowest BCUT2D eigenvalue weighted by molar-refractivity contribution is 0.102. The van der Waals surface area contributed by atoms with Crippen molar-refractivity contribution in [2.24, 2.45) is 0 Å². The van der Waals surface area contributed by atoms with E-state index in [1.54, 1.807) is 48.5 Å². The zero-order valence-corrected chi connectivity index (χ0v) is 14.6. The van der Waals surface area contributed by atoms with E-state index in [4.69, 9.17) is 16.0 Å². The molecule has 26 heavy (non-hydrogen) atoms. The van der Waals surface area contributed by atoms with Crippen LogP contribution in [0.15, 0.2) is 69.9 Å². The Morgan fingerprint density at radius 2 is 1.77 bits per heavy atom. The van der Waals surface area contributed by atoms with E-state index in [1.807, 2.05) is 19.1 Å². The fourth-order valence-electron chi connectivity index (χ4n) is 2.83. The lowest BCUT2D eigenvalue weighted by Crippen LogP contribution is -2.12. The Balaban J connectivity index is 1.76. The van der Waals surface area contributed by atoms with Gasteiger partial charge in [-0.15, -0.1) is 0 Å². The Hall–Kier alpha value is -3.11. The Morgan fingerprint density at radius 3 is 2.54 bits per heavy atom. The van der Waals surface area contributed by atoms with Crippen molar-refractivity contribution in [2.75, 3.05) is 5.32 Å². The molecule has 0 aliphatic heterocycles. The monoisotopic (exact) mass is 363 g/mol. The summed E-state index contributed by atoms with van der Waals surface area (Å²) < 4.78 is 5.82. The van der Waals surface area contributed by atoms with E-state index in [1.165, 1.54) is 0 Å². The Kier molecular flexibility index (Phi) is 3.98. The van der Waals surface area contributed by atoms with Gasteiger partial charge in [-0.25, -0.2) is 0 Å². The van der Waals surface area contributed by atoms with Gasteiger partial charge in [-0.05, 0) is 43.3 Å². The lowest BCUT2D eigenvalue weighted by atomic mass is 10.1. The number of para-hydroxylation sites is 1. The highest BCUT2D eigenvalue weighted by atomic mass is 35.5. The number of nitrogens with one attached hydrogen (secondary N) is 1. The minimum atomic E-state index is -0.231. The van der Waals surface area contributed by atoms with Gasteiger partial charge in [0.2, 0.25) is 5.43 Å². The average molecular weight is 364 g/mol. The second-order valence-electron chi connectivity index (χ2n) is 6.08. The summed E-state index contributed by atoms with van der Waals surface area (Å²) in [6.07, 6.45) is 0. The van der Waals surface area contributed by atoms with Crippen molar-refractivity contribution in [3.63, 3.8) is 0 Å². The van der Waals surface area contributed by atoms with E-state index in [-0.39, 0.29) is 11.3 Å². The first-order chi connectivity index (χ1) is 12.5. The number of hydrogen-bond acceptors (Lipinski definition) is 3. The number of amides is 1. The largest absolute Gasteiger partial charge is 0.454 e. The maximum absolute atomic E-state index is 12.6. The van der Waals surface area contributed by atoms with Crippen LogP contribution in [-0.4, -0.2) is 5.91 Å². The molecule has 5 heteroatoms. The van der Waals surface area contributed by atoms with Gasteiger partial charge >= 0.3 is 0 Å². The van der Waals surface area contributed by atoms with E-state index in [2.05, 4.69) is 5.32 Å². The normalized spacial score (nSPS) is 11.0. The third-order valence-corrected chi connectivity index (χ3v) is 4.52. The van der Waals surface area contributed by atoms with E-state index >= 15 is 0 Å². The zero-order chi connectivity index (χ0) is 18.3. The maximum Gasteiger partial charge on any atom is 0.255 e. The molecule has 4 nitrogen and oxygen atoms in total. The first-order valence-electron chi connectivity index (χ1n) is 8.06. The summed E-state index contributed by atoms with van der Waals surface area (Å²) in [6.45, 7) is 1.96. The summed E-state index contributed by atoms with van der Waals surface area (Å²) in [5, 5.41) is 4.06. The van der Waals surface area contributed by atoms with Crippen molar-refractivity contribution in [3.05, 3.63) is 87.0 Å². The number of carbonyl (C=O) groups is 1. The second-order valence-corrected chi connectivity index (χ2v) is 6.49. The third kappa shape index (κ3) is 2.85. The smallest absolute Gasteiger partial charge is 0.255 e. The van der Waals surface area contributed by atoms with Gasteiger partial charge in [0.25, 0.3) is 5.91 Å². The minimum absolute atomic E-state index is 0.153. The summed E-state index contributed by atoms with van der Waals surface area (Å²) in [7, 11) is 0. The molecule has 0 saturated heterocycles. The highest BCUT2D eigenvalue weighted by Crippen LogP contribution is 2.26. The molecule has 0 aliphatic carbocycles. The highest BCUT2D eigenvalue weighted by molar-refractivity contribution is 6.34. The van der Waals surface area contributed by atoms with Crippen LogP contribution in [0.3, 0.4) is 0 Å². The highest BCUT2D eigenvalue weighted by Gasteiger charge is 2.12. The molecule has 0 saturated carbocycles. The van der Waals surface area contributed by atoms with Crippen molar-refractivity contribution in [1.29, 1.82) is 0 Å². The Morgan fingerprint density at radius 1 is 1.00 bits per heavy atom. The molecule has 1 N–H and O–H groups in total. The number of rotatable bonds is 2. The van der Waals surface area contributed by atoms with Crippen LogP contribution in [0.4, 0.5) is 5.69 Å². The first kappa shape index (κ1) is 16.4. The quantitative estimate of drug-likeness (QED) is 0.500. The van der Waals surface area contributed by atoms with Gasteiger partial charge in [-0.2, -0.15) is 0 Å². The molecule has 1 aromatic heterocycles. The van der Waals surface area contributed by atoms with E-state index in [0.29, 0.717) is 38.2 Å². The van der Waals surface area contributed by atoms with Gasteiger partial charge in [0.05, 0.1) is 15.8 Å². The van der Waals surface area contributed by atoms with Crippen molar-refractivity contribution < 1.29 is 9.21 Å². The molecule has 0 aliphatic rings. The van der Waals surface area contributed by atoms with Gasteiger partial charge < -0.3 is 9.73 Å². The predicted octanol–water partition coefficient (Wildman–Crippen LogP) is 5.16. The molecule has 4 aromatic rings. The molecular formula is C21H14ClNO3. The van der Waals surface area contributed by atoms with Crippen LogP contribution >= 0.6 is 11.6 Å². The molecule has 0 atom stereocenters. The van der Waals surface area contributed by atoms with E-state index in [9.17, 15) is 9.59 Å². The SMILES string of the molecule is Cc1ccc(C(=O)Nc2ccc3c(=O)c4cccc(Cl)c4oc3c2)cc1. The molecule has 1 amide bonds. The van der Waals surface area contributed by atoms with E-state index < -0.39 is 0 Å². The number of halogens is 1. The standard InChI is InChI=1S/C21H14ClNO3/c1-12-5-7-13(8-6-12)21(25)23-14-9-10-15-18(11-14)26-20-16(19(15)24)3-2-4-17(20)22/h2-11H,1H3,(H,23,25). The fraction of sp³-hybridized carbons (Fsp3) is 0.0476. The van der Waals surface area contributed by atoms with Crippen molar-refractivity contribution in [3.8, 4) is 0 Å². The number of carbonyl (C=O) groups excluding carboxylic acids is 1. The second kappa shape index (κ2) is 6.32. The van der Waals surface area contributed by atoms with Crippen LogP contribution < -0.4 is 10.7 Å². The number of hydrogen-bond donors (Lipinski definition) is 1. The molecule has 0 radical (unpaired) electrons. The van der Waals surface area contributed by atoms with E-state index in [0.717, 1.165) is 5.56 Å². The third-order valence-electron chi connectivity index (χ3n) is 4.22. The first-order valence-corrected chi connectivity index (χ1v) is 8.44. The molecular weight excluding hydrogens is 350 g/mol. The van der Waals surface area contributed by atoms with Crippen LogP contribution in [0.2, 0.25) is 5.02 Å². The summed E-state index contributed by atoms with van der Waals surface area (Å²) in [6, 6.07) is 17.3. The summed E-state index contributed by atoms with van der Waals surface area (Å²) in [5.41, 5.74) is 2.74. The number of anilines is 1. The number of fused-ring (bicyclic) bond motifs is 2.